The Morgan fingerprint density at radius 2 is 1.88 bits per heavy atom. The molecule has 94 valence electrons. The zero-order valence-corrected chi connectivity index (χ0v) is 11.6. The van der Waals surface area contributed by atoms with Gasteiger partial charge in [0.2, 0.25) is 0 Å². The summed E-state index contributed by atoms with van der Waals surface area (Å²) in [4.78, 5) is 0. The minimum absolute atomic E-state index is 0.345. The van der Waals surface area contributed by atoms with Gasteiger partial charge in [-0.2, -0.15) is 0 Å². The summed E-state index contributed by atoms with van der Waals surface area (Å²) >= 11 is 0. The molecule has 0 amide bonds. The largest absolute Gasteiger partial charge is 0.396 e. The lowest BCUT2D eigenvalue weighted by molar-refractivity contribution is 0.0870. The van der Waals surface area contributed by atoms with Crippen LogP contribution in [0.3, 0.4) is 0 Å². The van der Waals surface area contributed by atoms with Crippen molar-refractivity contribution in [2.45, 2.75) is 53.9 Å². The van der Waals surface area contributed by atoms with Gasteiger partial charge in [-0.25, -0.2) is 0 Å². The molecule has 1 N–H and O–H groups in total. The van der Waals surface area contributed by atoms with Crippen LogP contribution in [0.2, 0.25) is 0 Å². The molecule has 5 unspecified atom stereocenters. The topological polar surface area (TPSA) is 20.2 Å². The second kappa shape index (κ2) is 3.73. The number of hydrogen-bond donors (Lipinski definition) is 1. The van der Waals surface area contributed by atoms with Crippen molar-refractivity contribution in [3.05, 3.63) is 0 Å². The quantitative estimate of drug-likeness (QED) is 0.771. The molecule has 0 bridgehead atoms. The minimum Gasteiger partial charge on any atom is -0.396 e. The van der Waals surface area contributed by atoms with Crippen LogP contribution < -0.4 is 0 Å². The number of rotatable bonds is 4. The van der Waals surface area contributed by atoms with Crippen LogP contribution in [0, 0.1) is 34.5 Å². The maximum atomic E-state index is 9.17. The molecular formula is C15H28O. The van der Waals surface area contributed by atoms with Crippen LogP contribution in [0.5, 0.6) is 0 Å². The summed E-state index contributed by atoms with van der Waals surface area (Å²) in [7, 11) is 0. The number of fused-ring (bicyclic) bond motifs is 1. The second-order valence-electron chi connectivity index (χ2n) is 7.38. The highest BCUT2D eigenvalue weighted by Gasteiger charge is 2.67. The zero-order chi connectivity index (χ0) is 12.1. The summed E-state index contributed by atoms with van der Waals surface area (Å²) < 4.78 is 0. The van der Waals surface area contributed by atoms with Gasteiger partial charge in [0.1, 0.15) is 0 Å². The first-order valence-electron chi connectivity index (χ1n) is 6.93. The van der Waals surface area contributed by atoms with Crippen molar-refractivity contribution < 1.29 is 5.11 Å². The van der Waals surface area contributed by atoms with E-state index in [1.807, 2.05) is 0 Å². The smallest absolute Gasteiger partial charge is 0.0456 e. The Kier molecular flexibility index (Phi) is 2.89. The maximum absolute atomic E-state index is 9.17. The molecule has 2 aliphatic carbocycles. The summed E-state index contributed by atoms with van der Waals surface area (Å²) in [5.74, 6) is 3.10. The van der Waals surface area contributed by atoms with Gasteiger partial charge in [0.05, 0.1) is 0 Å². The van der Waals surface area contributed by atoms with Gasteiger partial charge in [-0.05, 0) is 53.8 Å². The van der Waals surface area contributed by atoms with Crippen LogP contribution in [0.15, 0.2) is 0 Å². The van der Waals surface area contributed by atoms with E-state index < -0.39 is 0 Å². The van der Waals surface area contributed by atoms with Gasteiger partial charge in [0.25, 0.3) is 0 Å². The molecule has 2 saturated carbocycles. The first-order valence-corrected chi connectivity index (χ1v) is 6.93. The van der Waals surface area contributed by atoms with Crippen molar-refractivity contribution in [2.75, 3.05) is 6.61 Å². The van der Waals surface area contributed by atoms with Crippen molar-refractivity contribution in [2.24, 2.45) is 34.5 Å². The molecule has 2 fully saturated rings. The summed E-state index contributed by atoms with van der Waals surface area (Å²) in [5, 5.41) is 9.17. The molecule has 5 atom stereocenters. The van der Waals surface area contributed by atoms with E-state index in [9.17, 15) is 0 Å². The molecule has 0 spiro atoms. The zero-order valence-electron chi connectivity index (χ0n) is 11.6. The fourth-order valence-corrected chi connectivity index (χ4v) is 4.43. The SMILES string of the molecule is CC(CO)CC(C)C1CC2CC2(C)C1(C)C. The van der Waals surface area contributed by atoms with Gasteiger partial charge in [0.15, 0.2) is 0 Å². The predicted octanol–water partition coefficient (Wildman–Crippen LogP) is 3.71. The van der Waals surface area contributed by atoms with Crippen molar-refractivity contribution in [1.29, 1.82) is 0 Å². The summed E-state index contributed by atoms with van der Waals surface area (Å²) in [6.45, 7) is 12.3. The molecule has 0 aromatic carbocycles. The van der Waals surface area contributed by atoms with Crippen molar-refractivity contribution in [3.63, 3.8) is 0 Å². The highest BCUT2D eigenvalue weighted by Crippen LogP contribution is 2.75. The number of aliphatic hydroxyl groups excluding tert-OH is 1. The van der Waals surface area contributed by atoms with Gasteiger partial charge in [0, 0.05) is 6.61 Å². The van der Waals surface area contributed by atoms with Gasteiger partial charge in [-0.3, -0.25) is 0 Å². The first-order chi connectivity index (χ1) is 7.33. The molecule has 0 aromatic heterocycles. The molecule has 0 heterocycles. The first kappa shape index (κ1) is 12.4. The van der Waals surface area contributed by atoms with E-state index in [0.29, 0.717) is 23.4 Å². The molecule has 2 rings (SSSR count). The fraction of sp³-hybridized carbons (Fsp3) is 1.00. The highest BCUT2D eigenvalue weighted by molar-refractivity contribution is 5.16. The van der Waals surface area contributed by atoms with Crippen LogP contribution in [-0.4, -0.2) is 11.7 Å². The molecule has 16 heavy (non-hydrogen) atoms. The third kappa shape index (κ3) is 1.63. The molecule has 0 radical (unpaired) electrons. The van der Waals surface area contributed by atoms with E-state index >= 15 is 0 Å². The Labute approximate surface area is 101 Å². The standard InChI is InChI=1S/C15H28O/c1-10(9-16)6-11(2)13-7-12-8-15(12,5)14(13,3)4/h10-13,16H,6-9H2,1-5H3. The Morgan fingerprint density at radius 1 is 1.25 bits per heavy atom. The number of hydrogen-bond acceptors (Lipinski definition) is 1. The Morgan fingerprint density at radius 3 is 2.31 bits per heavy atom. The van der Waals surface area contributed by atoms with Gasteiger partial charge >= 0.3 is 0 Å². The summed E-state index contributed by atoms with van der Waals surface area (Å²) in [6.07, 6.45) is 4.08. The predicted molar refractivity (Wildman–Crippen MR) is 68.1 cm³/mol. The summed E-state index contributed by atoms with van der Waals surface area (Å²) in [6, 6.07) is 0. The second-order valence-corrected chi connectivity index (χ2v) is 7.38. The third-order valence-electron chi connectivity index (χ3n) is 6.12. The van der Waals surface area contributed by atoms with Crippen LogP contribution in [0.1, 0.15) is 53.9 Å². The van der Waals surface area contributed by atoms with E-state index in [4.69, 9.17) is 5.11 Å². The summed E-state index contributed by atoms with van der Waals surface area (Å²) in [5.41, 5.74) is 1.14. The lowest BCUT2D eigenvalue weighted by atomic mass is 9.66. The van der Waals surface area contributed by atoms with E-state index in [1.54, 1.807) is 0 Å². The maximum Gasteiger partial charge on any atom is 0.0456 e. The fourth-order valence-electron chi connectivity index (χ4n) is 4.43. The minimum atomic E-state index is 0.345. The van der Waals surface area contributed by atoms with E-state index in [0.717, 1.165) is 17.8 Å². The van der Waals surface area contributed by atoms with Gasteiger partial charge < -0.3 is 5.11 Å². The Bertz CT molecular complexity index is 271. The van der Waals surface area contributed by atoms with Gasteiger partial charge in [-0.15, -0.1) is 0 Å². The van der Waals surface area contributed by atoms with Crippen LogP contribution in [0.25, 0.3) is 0 Å². The van der Waals surface area contributed by atoms with Crippen molar-refractivity contribution >= 4 is 0 Å². The third-order valence-corrected chi connectivity index (χ3v) is 6.12. The highest BCUT2D eigenvalue weighted by atomic mass is 16.3. The molecule has 0 aromatic rings. The van der Waals surface area contributed by atoms with Crippen LogP contribution >= 0.6 is 0 Å². The molecule has 0 saturated heterocycles. The molecule has 0 aliphatic heterocycles. The van der Waals surface area contributed by atoms with E-state index in [-0.39, 0.29) is 0 Å². The van der Waals surface area contributed by atoms with E-state index in [1.165, 1.54) is 19.3 Å². The number of aliphatic hydroxyl groups is 1. The average molecular weight is 224 g/mol. The van der Waals surface area contributed by atoms with E-state index in [2.05, 4.69) is 34.6 Å². The van der Waals surface area contributed by atoms with Crippen molar-refractivity contribution in [3.8, 4) is 0 Å². The Hall–Kier alpha value is -0.0400. The molecule has 1 nitrogen and oxygen atoms in total. The Balaban J connectivity index is 2.01. The molecular weight excluding hydrogens is 196 g/mol. The lowest BCUT2D eigenvalue weighted by Crippen LogP contribution is -2.32. The molecule has 2 aliphatic rings. The average Bonchev–Trinajstić information content (AvgIpc) is 2.82. The monoisotopic (exact) mass is 224 g/mol. The van der Waals surface area contributed by atoms with Gasteiger partial charge in [-0.1, -0.05) is 34.6 Å². The molecule has 1 heteroatoms. The normalized spacial score (nSPS) is 43.9. The van der Waals surface area contributed by atoms with Crippen LogP contribution in [-0.2, 0) is 0 Å². The van der Waals surface area contributed by atoms with Crippen LogP contribution in [0.4, 0.5) is 0 Å². The van der Waals surface area contributed by atoms with Crippen molar-refractivity contribution in [1.82, 2.24) is 0 Å². The lowest BCUT2D eigenvalue weighted by Gasteiger charge is -2.39.